The van der Waals surface area contributed by atoms with Crippen molar-refractivity contribution in [3.63, 3.8) is 0 Å². The lowest BCUT2D eigenvalue weighted by molar-refractivity contribution is 0.0697. The van der Waals surface area contributed by atoms with Crippen molar-refractivity contribution in [2.45, 2.75) is 0 Å². The van der Waals surface area contributed by atoms with Gasteiger partial charge in [-0.3, -0.25) is 5.43 Å². The van der Waals surface area contributed by atoms with Gasteiger partial charge in [0.15, 0.2) is 0 Å². The molecule has 6 heteroatoms. The van der Waals surface area contributed by atoms with Crippen LogP contribution in [0, 0.1) is 0 Å². The highest BCUT2D eigenvalue weighted by molar-refractivity contribution is 6.32. The molecule has 0 bridgehead atoms. The molecule has 3 rings (SSSR count). The number of benzene rings is 2. The van der Waals surface area contributed by atoms with Crippen LogP contribution < -0.4 is 5.43 Å². The standard InChI is InChI=1S/C17H12ClN3O2/c18-16-13(9-12-3-1-2-4-15(12)20-16)10-19-21-14-7-5-11(6-8-14)17(22)23/h1-10,21H,(H,22,23). The minimum Gasteiger partial charge on any atom is -0.478 e. The molecule has 0 atom stereocenters. The number of carboxylic acids is 1. The summed E-state index contributed by atoms with van der Waals surface area (Å²) in [6, 6.07) is 15.9. The molecule has 0 aliphatic carbocycles. The Morgan fingerprint density at radius 2 is 1.91 bits per heavy atom. The summed E-state index contributed by atoms with van der Waals surface area (Å²) in [5.41, 5.74) is 5.25. The van der Waals surface area contributed by atoms with Gasteiger partial charge in [-0.2, -0.15) is 5.10 Å². The number of carboxylic acid groups (broad SMARTS) is 1. The van der Waals surface area contributed by atoms with Crippen LogP contribution in [0.4, 0.5) is 5.69 Å². The van der Waals surface area contributed by atoms with E-state index >= 15 is 0 Å². The normalized spacial score (nSPS) is 11.0. The van der Waals surface area contributed by atoms with Crippen molar-refractivity contribution >= 4 is 40.4 Å². The van der Waals surface area contributed by atoms with E-state index in [0.29, 0.717) is 16.4 Å². The molecule has 0 aliphatic heterocycles. The monoisotopic (exact) mass is 325 g/mol. The highest BCUT2D eigenvalue weighted by Crippen LogP contribution is 2.19. The number of hydrogen-bond donors (Lipinski definition) is 2. The smallest absolute Gasteiger partial charge is 0.335 e. The number of anilines is 1. The number of nitrogens with one attached hydrogen (secondary N) is 1. The highest BCUT2D eigenvalue weighted by Gasteiger charge is 2.03. The van der Waals surface area contributed by atoms with E-state index in [0.717, 1.165) is 10.9 Å². The van der Waals surface area contributed by atoms with Crippen LogP contribution in [-0.2, 0) is 0 Å². The van der Waals surface area contributed by atoms with Crippen molar-refractivity contribution in [2.75, 3.05) is 5.43 Å². The summed E-state index contributed by atoms with van der Waals surface area (Å²) < 4.78 is 0. The second-order valence-corrected chi connectivity index (χ2v) is 5.17. The van der Waals surface area contributed by atoms with E-state index < -0.39 is 5.97 Å². The minimum atomic E-state index is -0.964. The molecule has 1 aromatic heterocycles. The van der Waals surface area contributed by atoms with Gasteiger partial charge in [0, 0.05) is 10.9 Å². The zero-order chi connectivity index (χ0) is 16.2. The number of aromatic carboxylic acids is 1. The lowest BCUT2D eigenvalue weighted by Gasteiger charge is -2.03. The maximum Gasteiger partial charge on any atom is 0.335 e. The van der Waals surface area contributed by atoms with Crippen molar-refractivity contribution in [3.8, 4) is 0 Å². The molecule has 0 aliphatic rings. The molecule has 5 nitrogen and oxygen atoms in total. The van der Waals surface area contributed by atoms with Crippen LogP contribution in [-0.4, -0.2) is 22.3 Å². The molecular weight excluding hydrogens is 314 g/mol. The molecule has 0 saturated carbocycles. The summed E-state index contributed by atoms with van der Waals surface area (Å²) in [5, 5.41) is 14.3. The maximum atomic E-state index is 10.8. The third-order valence-corrected chi connectivity index (χ3v) is 3.54. The van der Waals surface area contributed by atoms with Gasteiger partial charge in [-0.1, -0.05) is 29.8 Å². The Morgan fingerprint density at radius 1 is 1.17 bits per heavy atom. The largest absolute Gasteiger partial charge is 0.478 e. The molecule has 0 radical (unpaired) electrons. The van der Waals surface area contributed by atoms with Crippen molar-refractivity contribution < 1.29 is 9.90 Å². The van der Waals surface area contributed by atoms with Crippen LogP contribution in [0.1, 0.15) is 15.9 Å². The summed E-state index contributed by atoms with van der Waals surface area (Å²) >= 11 is 6.15. The topological polar surface area (TPSA) is 74.6 Å². The third-order valence-electron chi connectivity index (χ3n) is 3.23. The average Bonchev–Trinajstić information content (AvgIpc) is 2.56. The van der Waals surface area contributed by atoms with Gasteiger partial charge < -0.3 is 5.11 Å². The predicted octanol–water partition coefficient (Wildman–Crippen LogP) is 4.03. The number of aromatic nitrogens is 1. The molecule has 0 spiro atoms. The average molecular weight is 326 g/mol. The summed E-state index contributed by atoms with van der Waals surface area (Å²) in [6.45, 7) is 0. The number of hydrazone groups is 1. The number of halogens is 1. The number of fused-ring (bicyclic) bond motifs is 1. The van der Waals surface area contributed by atoms with Gasteiger partial charge in [0.25, 0.3) is 0 Å². The second-order valence-electron chi connectivity index (χ2n) is 4.81. The van der Waals surface area contributed by atoms with Crippen LogP contribution in [0.3, 0.4) is 0 Å². The van der Waals surface area contributed by atoms with Crippen molar-refractivity contribution in [1.29, 1.82) is 0 Å². The van der Waals surface area contributed by atoms with Crippen LogP contribution in [0.15, 0.2) is 59.7 Å². The molecule has 23 heavy (non-hydrogen) atoms. The van der Waals surface area contributed by atoms with Gasteiger partial charge >= 0.3 is 5.97 Å². The van der Waals surface area contributed by atoms with E-state index in [4.69, 9.17) is 16.7 Å². The van der Waals surface area contributed by atoms with Crippen LogP contribution >= 0.6 is 11.6 Å². The molecule has 3 aromatic rings. The SMILES string of the molecule is O=C(O)c1ccc(NN=Cc2cc3ccccc3nc2Cl)cc1. The maximum absolute atomic E-state index is 10.8. The van der Waals surface area contributed by atoms with Gasteiger partial charge in [-0.25, -0.2) is 9.78 Å². The number of rotatable bonds is 4. The Kier molecular flexibility index (Phi) is 4.21. The van der Waals surface area contributed by atoms with Gasteiger partial charge in [0.2, 0.25) is 0 Å². The number of carbonyl (C=O) groups is 1. The quantitative estimate of drug-likeness (QED) is 0.431. The van der Waals surface area contributed by atoms with E-state index in [9.17, 15) is 4.79 Å². The first-order valence-corrected chi connectivity index (χ1v) is 7.19. The second kappa shape index (κ2) is 6.46. The molecule has 114 valence electrons. The molecule has 0 fully saturated rings. The fourth-order valence-electron chi connectivity index (χ4n) is 2.06. The molecule has 0 saturated heterocycles. The zero-order valence-corrected chi connectivity index (χ0v) is 12.7. The Hall–Kier alpha value is -2.92. The third kappa shape index (κ3) is 3.46. The summed E-state index contributed by atoms with van der Waals surface area (Å²) in [4.78, 5) is 15.1. The van der Waals surface area contributed by atoms with E-state index in [-0.39, 0.29) is 5.56 Å². The number of pyridine rings is 1. The zero-order valence-electron chi connectivity index (χ0n) is 11.9. The fraction of sp³-hybridized carbons (Fsp3) is 0. The van der Waals surface area contributed by atoms with E-state index in [2.05, 4.69) is 15.5 Å². The van der Waals surface area contributed by atoms with Crippen molar-refractivity contribution in [2.24, 2.45) is 5.10 Å². The first-order valence-electron chi connectivity index (χ1n) is 6.81. The fourth-order valence-corrected chi connectivity index (χ4v) is 2.26. The summed E-state index contributed by atoms with van der Waals surface area (Å²) in [6.07, 6.45) is 1.58. The van der Waals surface area contributed by atoms with Crippen LogP contribution in [0.5, 0.6) is 0 Å². The Balaban J connectivity index is 1.77. The lowest BCUT2D eigenvalue weighted by atomic mass is 10.2. The number of para-hydroxylation sites is 1. The van der Waals surface area contributed by atoms with Gasteiger partial charge in [0.05, 0.1) is 23.0 Å². The van der Waals surface area contributed by atoms with E-state index in [1.807, 2.05) is 30.3 Å². The first-order chi connectivity index (χ1) is 11.1. The number of nitrogens with zero attached hydrogens (tertiary/aromatic N) is 2. The Morgan fingerprint density at radius 3 is 2.65 bits per heavy atom. The lowest BCUT2D eigenvalue weighted by Crippen LogP contribution is -1.97. The molecule has 0 amide bonds. The van der Waals surface area contributed by atoms with Crippen LogP contribution in [0.25, 0.3) is 10.9 Å². The molecule has 0 unspecified atom stereocenters. The molecule has 1 heterocycles. The first kappa shape index (κ1) is 15.0. The molecule has 2 N–H and O–H groups in total. The van der Waals surface area contributed by atoms with Crippen LogP contribution in [0.2, 0.25) is 5.15 Å². The Labute approximate surface area is 137 Å². The minimum absolute atomic E-state index is 0.223. The molecule has 2 aromatic carbocycles. The van der Waals surface area contributed by atoms with Gasteiger partial charge in [-0.05, 0) is 36.4 Å². The molecular formula is C17H12ClN3O2. The van der Waals surface area contributed by atoms with Gasteiger partial charge in [0.1, 0.15) is 5.15 Å². The van der Waals surface area contributed by atoms with Crippen molar-refractivity contribution in [1.82, 2.24) is 4.98 Å². The Bertz CT molecular complexity index is 892. The predicted molar refractivity (Wildman–Crippen MR) is 91.4 cm³/mol. The van der Waals surface area contributed by atoms with E-state index in [1.165, 1.54) is 12.1 Å². The highest BCUT2D eigenvalue weighted by atomic mass is 35.5. The summed E-state index contributed by atoms with van der Waals surface area (Å²) in [7, 11) is 0. The summed E-state index contributed by atoms with van der Waals surface area (Å²) in [5.74, 6) is -0.964. The van der Waals surface area contributed by atoms with Crippen molar-refractivity contribution in [3.05, 3.63) is 70.9 Å². The van der Waals surface area contributed by atoms with E-state index in [1.54, 1.807) is 18.3 Å². The van der Waals surface area contributed by atoms with Gasteiger partial charge in [-0.15, -0.1) is 0 Å². The number of hydrogen-bond acceptors (Lipinski definition) is 4.